The Morgan fingerprint density at radius 1 is 1.26 bits per heavy atom. The number of benzene rings is 1. The number of sulfonamides is 1. The van der Waals surface area contributed by atoms with Crippen molar-refractivity contribution in [2.45, 2.75) is 30.5 Å². The van der Waals surface area contributed by atoms with Crippen LogP contribution in [-0.4, -0.2) is 68.0 Å². The number of hydrogen-bond acceptors (Lipinski definition) is 5. The van der Waals surface area contributed by atoms with Gasteiger partial charge in [0.1, 0.15) is 10.0 Å². The van der Waals surface area contributed by atoms with Crippen LogP contribution in [0.5, 0.6) is 0 Å². The first-order valence-corrected chi connectivity index (χ1v) is 13.9. The summed E-state index contributed by atoms with van der Waals surface area (Å²) in [5, 5.41) is 8.48. The molecule has 0 unspecified atom stereocenters. The van der Waals surface area contributed by atoms with Gasteiger partial charge in [-0.05, 0) is 36.1 Å². The lowest BCUT2D eigenvalue weighted by atomic mass is 10.1. The summed E-state index contributed by atoms with van der Waals surface area (Å²) in [6.45, 7) is 6.42. The van der Waals surface area contributed by atoms with Crippen molar-refractivity contribution in [2.24, 2.45) is 0 Å². The fraction of sp³-hybridized carbons (Fsp3) is 0.360. The van der Waals surface area contributed by atoms with Crippen LogP contribution < -0.4 is 0 Å². The second-order valence-electron chi connectivity index (χ2n) is 8.51. The lowest BCUT2D eigenvalue weighted by Crippen LogP contribution is -2.51. The molecule has 1 aromatic carbocycles. The number of thiophene rings is 1. The summed E-state index contributed by atoms with van der Waals surface area (Å²) < 4.78 is 28.2. The number of carbonyl (C=O) groups excluding carboxylic acids is 1. The molecule has 1 aliphatic heterocycles. The number of nitrogens with one attached hydrogen (secondary N) is 1. The maximum absolute atomic E-state index is 13.3. The molecule has 2 aromatic rings. The van der Waals surface area contributed by atoms with E-state index in [-0.39, 0.29) is 23.2 Å². The zero-order chi connectivity index (χ0) is 25.8. The summed E-state index contributed by atoms with van der Waals surface area (Å²) in [5.74, 6) is 0.191. The second kappa shape index (κ2) is 11.5. The molecule has 1 saturated heterocycles. The molecule has 188 valence electrons. The van der Waals surface area contributed by atoms with Crippen molar-refractivity contribution in [1.29, 1.82) is 5.41 Å². The smallest absolute Gasteiger partial charge is 0.253 e. The number of rotatable bonds is 9. The van der Waals surface area contributed by atoms with E-state index in [1.54, 1.807) is 21.9 Å². The average molecular weight is 535 g/mol. The maximum Gasteiger partial charge on any atom is 0.253 e. The van der Waals surface area contributed by atoms with Gasteiger partial charge in [-0.3, -0.25) is 10.2 Å². The molecule has 3 rings (SSSR count). The highest BCUT2D eigenvalue weighted by Gasteiger charge is 2.34. The number of nitrogens with zero attached hydrogens (tertiary/aromatic N) is 3. The molecule has 1 aromatic heterocycles. The number of amides is 1. The summed E-state index contributed by atoms with van der Waals surface area (Å²) >= 11 is 7.04. The summed E-state index contributed by atoms with van der Waals surface area (Å²) in [5.41, 5.74) is 2.68. The van der Waals surface area contributed by atoms with E-state index in [0.29, 0.717) is 30.4 Å². The van der Waals surface area contributed by atoms with E-state index in [1.807, 2.05) is 51.4 Å². The Kier molecular flexibility index (Phi) is 8.93. The van der Waals surface area contributed by atoms with E-state index >= 15 is 0 Å². The third kappa shape index (κ3) is 6.61. The third-order valence-corrected chi connectivity index (χ3v) is 9.50. The topological polar surface area (TPSA) is 84.8 Å². The molecule has 35 heavy (non-hydrogen) atoms. The molecule has 0 aliphatic carbocycles. The zero-order valence-electron chi connectivity index (χ0n) is 20.3. The van der Waals surface area contributed by atoms with Gasteiger partial charge >= 0.3 is 0 Å². The van der Waals surface area contributed by atoms with Crippen LogP contribution in [0.4, 0.5) is 0 Å². The van der Waals surface area contributed by atoms with E-state index in [4.69, 9.17) is 17.0 Å². The van der Waals surface area contributed by atoms with Gasteiger partial charge in [-0.25, -0.2) is 8.42 Å². The van der Waals surface area contributed by atoms with Crippen LogP contribution in [0.25, 0.3) is 0 Å². The molecular formula is C25H31ClN4O3S2. The molecule has 1 aliphatic rings. The first kappa shape index (κ1) is 27.1. The fourth-order valence-corrected chi connectivity index (χ4v) is 6.92. The van der Waals surface area contributed by atoms with Crippen molar-refractivity contribution in [3.63, 3.8) is 0 Å². The number of amidine groups is 1. The molecular weight excluding hydrogens is 504 g/mol. The average Bonchev–Trinajstić information content (AvgIpc) is 3.24. The highest BCUT2D eigenvalue weighted by Crippen LogP contribution is 2.31. The summed E-state index contributed by atoms with van der Waals surface area (Å²) in [6, 6.07) is 9.24. The lowest BCUT2D eigenvalue weighted by molar-refractivity contribution is -0.134. The minimum absolute atomic E-state index is 0.174. The predicted octanol–water partition coefficient (Wildman–Crippen LogP) is 4.08. The molecule has 1 amide bonds. The highest BCUT2D eigenvalue weighted by atomic mass is 35.5. The Balaban J connectivity index is 1.67. The van der Waals surface area contributed by atoms with Crippen LogP contribution in [0.2, 0.25) is 0 Å². The van der Waals surface area contributed by atoms with Crippen LogP contribution in [0, 0.1) is 5.41 Å². The summed E-state index contributed by atoms with van der Waals surface area (Å²) in [6.07, 6.45) is 4.86. The number of allylic oxidation sites excluding steroid dienone is 3. The molecule has 2 heterocycles. The van der Waals surface area contributed by atoms with E-state index in [0.717, 1.165) is 28.0 Å². The van der Waals surface area contributed by atoms with Gasteiger partial charge in [0.25, 0.3) is 10.0 Å². The largest absolute Gasteiger partial charge is 0.363 e. The standard InChI is InChI=1S/C25H31ClN4O3S2/c1-5-22-21(8-6-7-18(2)26)15-24(34-22)35(32,33)30-14-13-29(23(31)17-30)16-19-9-11-20(12-10-19)25(27)28(3)4/h6-7,9-12,15,27H,2,5,8,13-14,16-17H2,1,3-4H3/b7-6-,27-25?. The Morgan fingerprint density at radius 3 is 2.51 bits per heavy atom. The van der Waals surface area contributed by atoms with Crippen LogP contribution >= 0.6 is 22.9 Å². The summed E-state index contributed by atoms with van der Waals surface area (Å²) in [4.78, 5) is 17.2. The van der Waals surface area contributed by atoms with Gasteiger partial charge in [0.15, 0.2) is 0 Å². The van der Waals surface area contributed by atoms with E-state index in [2.05, 4.69) is 6.58 Å². The van der Waals surface area contributed by atoms with Gasteiger partial charge in [-0.1, -0.05) is 55.4 Å². The maximum atomic E-state index is 13.3. The van der Waals surface area contributed by atoms with Gasteiger partial charge in [-0.2, -0.15) is 4.31 Å². The van der Waals surface area contributed by atoms with Crippen molar-refractivity contribution < 1.29 is 13.2 Å². The van der Waals surface area contributed by atoms with Crippen LogP contribution in [0.3, 0.4) is 0 Å². The molecule has 0 atom stereocenters. The minimum Gasteiger partial charge on any atom is -0.363 e. The fourth-order valence-electron chi connectivity index (χ4n) is 3.79. The van der Waals surface area contributed by atoms with Gasteiger partial charge in [0.2, 0.25) is 5.91 Å². The van der Waals surface area contributed by atoms with Crippen LogP contribution in [-0.2, 0) is 34.2 Å². The van der Waals surface area contributed by atoms with Crippen molar-refractivity contribution >= 4 is 44.7 Å². The van der Waals surface area contributed by atoms with Crippen molar-refractivity contribution in [3.8, 4) is 0 Å². The Labute approximate surface area is 216 Å². The molecule has 7 nitrogen and oxygen atoms in total. The predicted molar refractivity (Wildman–Crippen MR) is 143 cm³/mol. The monoisotopic (exact) mass is 534 g/mol. The van der Waals surface area contributed by atoms with Gasteiger partial charge in [0, 0.05) is 49.2 Å². The van der Waals surface area contributed by atoms with Crippen molar-refractivity contribution in [3.05, 3.63) is 75.7 Å². The van der Waals surface area contributed by atoms with Gasteiger partial charge in [-0.15, -0.1) is 11.3 Å². The summed E-state index contributed by atoms with van der Waals surface area (Å²) in [7, 11) is -0.123. The van der Waals surface area contributed by atoms with E-state index in [9.17, 15) is 13.2 Å². The zero-order valence-corrected chi connectivity index (χ0v) is 22.6. The molecule has 0 radical (unpaired) electrons. The van der Waals surface area contributed by atoms with Crippen molar-refractivity contribution in [1.82, 2.24) is 14.1 Å². The van der Waals surface area contributed by atoms with Gasteiger partial charge in [0.05, 0.1) is 6.54 Å². The number of halogens is 1. The van der Waals surface area contributed by atoms with Gasteiger partial charge < -0.3 is 9.80 Å². The quantitative estimate of drug-likeness (QED) is 0.298. The Bertz CT molecular complexity index is 1230. The first-order chi connectivity index (χ1) is 16.5. The van der Waals surface area contributed by atoms with E-state index in [1.165, 1.54) is 15.6 Å². The van der Waals surface area contributed by atoms with Crippen LogP contribution in [0.15, 0.2) is 58.3 Å². The number of carbonyl (C=O) groups is 1. The normalized spacial score (nSPS) is 15.1. The number of aryl methyl sites for hydroxylation is 1. The second-order valence-corrected chi connectivity index (χ2v) is 12.3. The lowest BCUT2D eigenvalue weighted by Gasteiger charge is -2.33. The SMILES string of the molecule is C=C(Cl)/C=C\Cc1cc(S(=O)(=O)N2CCN(Cc3ccc(C(=N)N(C)C)cc3)C(=O)C2)sc1CC. The molecule has 1 fully saturated rings. The van der Waals surface area contributed by atoms with Crippen molar-refractivity contribution in [2.75, 3.05) is 33.7 Å². The molecule has 0 bridgehead atoms. The van der Waals surface area contributed by atoms with Crippen LogP contribution in [0.1, 0.15) is 28.5 Å². The molecule has 0 saturated carbocycles. The Hall–Kier alpha value is -2.46. The minimum atomic E-state index is -3.76. The highest BCUT2D eigenvalue weighted by molar-refractivity contribution is 7.91. The van der Waals surface area contributed by atoms with E-state index < -0.39 is 10.0 Å². The third-order valence-electron chi connectivity index (χ3n) is 5.76. The first-order valence-electron chi connectivity index (χ1n) is 11.3. The number of piperazine rings is 1. The molecule has 1 N–H and O–H groups in total. The molecule has 0 spiro atoms. The Morgan fingerprint density at radius 2 is 1.94 bits per heavy atom. The molecule has 10 heteroatoms. The number of hydrogen-bond donors (Lipinski definition) is 1.